The number of sulfonamides is 1. The van der Waals surface area contributed by atoms with Crippen molar-refractivity contribution in [1.82, 2.24) is 10.2 Å². The van der Waals surface area contributed by atoms with Gasteiger partial charge >= 0.3 is 12.4 Å². The molecule has 1 saturated heterocycles. The maximum Gasteiger partial charge on any atom is 0.416 e. The first kappa shape index (κ1) is 33.7. The van der Waals surface area contributed by atoms with Crippen LogP contribution in [-0.4, -0.2) is 50.0 Å². The highest BCUT2D eigenvalue weighted by molar-refractivity contribution is 7.92. The van der Waals surface area contributed by atoms with E-state index in [-0.39, 0.29) is 24.3 Å². The van der Waals surface area contributed by atoms with E-state index in [1.807, 2.05) is 0 Å². The van der Waals surface area contributed by atoms with Crippen LogP contribution in [0.2, 0.25) is 0 Å². The van der Waals surface area contributed by atoms with Crippen LogP contribution < -0.4 is 15.8 Å². The zero-order valence-corrected chi connectivity index (χ0v) is 24.2. The number of amides is 2. The molecule has 4 rings (SSSR count). The summed E-state index contributed by atoms with van der Waals surface area (Å²) >= 11 is 0. The molecule has 2 amide bonds. The van der Waals surface area contributed by atoms with E-state index in [0.717, 1.165) is 42.5 Å². The number of primary amides is 1. The first-order valence-electron chi connectivity index (χ1n) is 13.3. The quantitative estimate of drug-likeness (QED) is 0.267. The third kappa shape index (κ3) is 8.51. The minimum atomic E-state index is -4.60. The lowest BCUT2D eigenvalue weighted by molar-refractivity contribution is -0.138. The smallest absolute Gasteiger partial charge is 0.368 e. The average molecular weight is 661 g/mol. The summed E-state index contributed by atoms with van der Waals surface area (Å²) in [6, 6.07) is 9.25. The third-order valence-electron chi connectivity index (χ3n) is 7.12. The van der Waals surface area contributed by atoms with E-state index < -0.39 is 74.9 Å². The number of carbonyl (C=O) groups is 2. The Morgan fingerprint density at radius 3 is 1.82 bits per heavy atom. The van der Waals surface area contributed by atoms with E-state index >= 15 is 0 Å². The number of hydrogen-bond acceptors (Lipinski definition) is 5. The molecule has 0 bridgehead atoms. The van der Waals surface area contributed by atoms with Gasteiger partial charge in [-0.15, -0.1) is 0 Å². The summed E-state index contributed by atoms with van der Waals surface area (Å²) < 4.78 is 121. The van der Waals surface area contributed by atoms with Crippen LogP contribution in [0, 0.1) is 11.7 Å². The lowest BCUT2D eigenvalue weighted by Gasteiger charge is -2.44. The molecule has 1 aliphatic rings. The molecule has 242 valence electrons. The summed E-state index contributed by atoms with van der Waals surface area (Å²) in [5.41, 5.74) is 3.48. The SMILES string of the molecule is C[C@H](NC(=O)c1cc(F)cc(NS(=O)(=O)CC2CN(C(c3ccc(C(F)(F)F)cc3)c3ccc(C(F)(F)F)cc3)C2)c1)C(N)=O. The van der Waals surface area contributed by atoms with Crippen molar-refractivity contribution in [1.29, 1.82) is 0 Å². The van der Waals surface area contributed by atoms with Crippen LogP contribution in [0.5, 0.6) is 0 Å². The van der Waals surface area contributed by atoms with Gasteiger partial charge in [0.05, 0.1) is 28.6 Å². The van der Waals surface area contributed by atoms with Crippen LogP contribution in [-0.2, 0) is 27.2 Å². The molecule has 1 aliphatic heterocycles. The Bertz CT molecular complexity index is 1600. The summed E-state index contributed by atoms with van der Waals surface area (Å²) in [6.45, 7) is 1.55. The monoisotopic (exact) mass is 660 g/mol. The molecular formula is C29H27F7N4O4S. The summed E-state index contributed by atoms with van der Waals surface area (Å²) in [6.07, 6.45) is -9.19. The fourth-order valence-electron chi connectivity index (χ4n) is 4.91. The molecule has 16 heteroatoms. The fourth-order valence-corrected chi connectivity index (χ4v) is 6.30. The second kappa shape index (κ2) is 12.7. The predicted molar refractivity (Wildman–Crippen MR) is 150 cm³/mol. The number of anilines is 1. The van der Waals surface area contributed by atoms with Gasteiger partial charge in [-0.3, -0.25) is 19.2 Å². The topological polar surface area (TPSA) is 122 Å². The number of alkyl halides is 6. The largest absolute Gasteiger partial charge is 0.416 e. The molecule has 3 aromatic carbocycles. The van der Waals surface area contributed by atoms with Gasteiger partial charge < -0.3 is 11.1 Å². The first-order chi connectivity index (χ1) is 20.8. The summed E-state index contributed by atoms with van der Waals surface area (Å²) in [5.74, 6) is -3.59. The Labute approximate surface area is 253 Å². The Morgan fingerprint density at radius 1 is 0.889 bits per heavy atom. The number of likely N-dealkylation sites (tertiary alicyclic amines) is 1. The molecular weight excluding hydrogens is 633 g/mol. The van der Waals surface area contributed by atoms with Crippen LogP contribution in [0.15, 0.2) is 66.7 Å². The molecule has 1 heterocycles. The number of rotatable bonds is 10. The molecule has 1 atom stereocenters. The normalized spacial score (nSPS) is 15.4. The van der Waals surface area contributed by atoms with E-state index in [4.69, 9.17) is 5.73 Å². The average Bonchev–Trinajstić information content (AvgIpc) is 2.90. The fraction of sp³-hybridized carbons (Fsp3) is 0.310. The number of carbonyl (C=O) groups excluding carboxylic acids is 2. The van der Waals surface area contributed by atoms with Gasteiger partial charge in [0.15, 0.2) is 0 Å². The van der Waals surface area contributed by atoms with Crippen molar-refractivity contribution in [3.05, 3.63) is 100 Å². The van der Waals surface area contributed by atoms with Crippen molar-refractivity contribution in [3.63, 3.8) is 0 Å². The molecule has 0 aliphatic carbocycles. The highest BCUT2D eigenvalue weighted by Crippen LogP contribution is 2.38. The van der Waals surface area contributed by atoms with E-state index in [9.17, 15) is 48.7 Å². The maximum atomic E-state index is 14.2. The van der Waals surface area contributed by atoms with Gasteiger partial charge in [0, 0.05) is 24.6 Å². The number of nitrogens with two attached hydrogens (primary N) is 1. The number of nitrogens with zero attached hydrogens (tertiary/aromatic N) is 1. The van der Waals surface area contributed by atoms with Crippen LogP contribution in [0.25, 0.3) is 0 Å². The van der Waals surface area contributed by atoms with Gasteiger partial charge in [-0.1, -0.05) is 24.3 Å². The van der Waals surface area contributed by atoms with Gasteiger partial charge in [0.1, 0.15) is 11.9 Å². The summed E-state index contributed by atoms with van der Waals surface area (Å²) in [5, 5.41) is 2.25. The van der Waals surface area contributed by atoms with Gasteiger partial charge in [-0.05, 0) is 60.5 Å². The third-order valence-corrected chi connectivity index (χ3v) is 8.58. The number of halogens is 7. The minimum absolute atomic E-state index is 0.120. The zero-order valence-electron chi connectivity index (χ0n) is 23.4. The van der Waals surface area contributed by atoms with Gasteiger partial charge in [-0.25, -0.2) is 12.8 Å². The molecule has 4 N–H and O–H groups in total. The van der Waals surface area contributed by atoms with Crippen molar-refractivity contribution in [3.8, 4) is 0 Å². The van der Waals surface area contributed by atoms with Crippen molar-refractivity contribution in [2.75, 3.05) is 23.6 Å². The number of nitrogens with one attached hydrogen (secondary N) is 2. The Hall–Kier alpha value is -4.18. The lowest BCUT2D eigenvalue weighted by atomic mass is 9.90. The standard InChI is InChI=1S/C29H27F7N4O4S/c1-16(26(37)41)38-27(42)20-10-23(30)12-24(11-20)39-45(43,44)15-17-13-40(14-17)25(18-2-6-21(7-3-18)28(31,32)33)19-4-8-22(9-5-19)29(34,35)36/h2-12,16-17,25,39H,13-15H2,1H3,(H2,37,41)(H,38,42)/t16-/m0/s1. The predicted octanol–water partition coefficient (Wildman–Crippen LogP) is 4.93. The van der Waals surface area contributed by atoms with Crippen LogP contribution in [0.3, 0.4) is 0 Å². The molecule has 1 fully saturated rings. The Kier molecular flexibility index (Phi) is 9.49. The second-order valence-electron chi connectivity index (χ2n) is 10.7. The van der Waals surface area contributed by atoms with Crippen LogP contribution in [0.1, 0.15) is 45.6 Å². The van der Waals surface area contributed by atoms with E-state index in [2.05, 4.69) is 10.0 Å². The molecule has 0 spiro atoms. The Morgan fingerprint density at radius 2 is 1.38 bits per heavy atom. The van der Waals surface area contributed by atoms with Gasteiger partial charge in [0.25, 0.3) is 5.91 Å². The lowest BCUT2D eigenvalue weighted by Crippen LogP contribution is -2.51. The van der Waals surface area contributed by atoms with Crippen LogP contribution in [0.4, 0.5) is 36.4 Å². The Balaban J connectivity index is 1.49. The molecule has 0 aromatic heterocycles. The van der Waals surface area contributed by atoms with Crippen molar-refractivity contribution in [2.24, 2.45) is 11.7 Å². The van der Waals surface area contributed by atoms with E-state index in [0.29, 0.717) is 11.1 Å². The summed E-state index contributed by atoms with van der Waals surface area (Å²) in [4.78, 5) is 25.3. The highest BCUT2D eigenvalue weighted by Gasteiger charge is 2.38. The number of benzene rings is 3. The van der Waals surface area contributed by atoms with E-state index in [1.165, 1.54) is 31.2 Å². The molecule has 8 nitrogen and oxygen atoms in total. The first-order valence-corrected chi connectivity index (χ1v) is 15.0. The zero-order chi connectivity index (χ0) is 33.3. The highest BCUT2D eigenvalue weighted by atomic mass is 32.2. The molecule has 3 aromatic rings. The second-order valence-corrected chi connectivity index (χ2v) is 12.4. The van der Waals surface area contributed by atoms with Gasteiger partial charge in [-0.2, -0.15) is 26.3 Å². The van der Waals surface area contributed by atoms with Crippen molar-refractivity contribution in [2.45, 2.75) is 31.4 Å². The van der Waals surface area contributed by atoms with Crippen molar-refractivity contribution < 1.29 is 48.7 Å². The summed E-state index contributed by atoms with van der Waals surface area (Å²) in [7, 11) is -4.11. The van der Waals surface area contributed by atoms with Crippen LogP contribution >= 0.6 is 0 Å². The molecule has 0 radical (unpaired) electrons. The molecule has 0 unspecified atom stereocenters. The molecule has 0 saturated carbocycles. The molecule has 45 heavy (non-hydrogen) atoms. The van der Waals surface area contributed by atoms with Gasteiger partial charge in [0.2, 0.25) is 15.9 Å². The van der Waals surface area contributed by atoms with Crippen molar-refractivity contribution >= 4 is 27.5 Å². The maximum absolute atomic E-state index is 14.2. The number of hydrogen-bond donors (Lipinski definition) is 3. The minimum Gasteiger partial charge on any atom is -0.368 e. The van der Waals surface area contributed by atoms with E-state index in [1.54, 1.807) is 4.90 Å².